The van der Waals surface area contributed by atoms with Crippen LogP contribution in [0.2, 0.25) is 0 Å². The Labute approximate surface area is 152 Å². The van der Waals surface area contributed by atoms with E-state index in [1.165, 1.54) is 4.80 Å². The summed E-state index contributed by atoms with van der Waals surface area (Å²) in [4.78, 5) is 20.0. The molecule has 130 valence electrons. The van der Waals surface area contributed by atoms with E-state index in [-0.39, 0.29) is 18.3 Å². The largest absolute Gasteiger partial charge is 1.00 e. The molecule has 0 spiro atoms. The number of amides is 1. The number of carbonyl (C=O) groups excluding carboxylic acids is 1. The van der Waals surface area contributed by atoms with E-state index in [0.717, 1.165) is 11.4 Å². The highest BCUT2D eigenvalue weighted by molar-refractivity contribution is 5.93. The fourth-order valence-corrected chi connectivity index (χ4v) is 2.36. The molecule has 7 heteroatoms. The summed E-state index contributed by atoms with van der Waals surface area (Å²) in [5.41, 5.74) is 2.79. The smallest absolute Gasteiger partial charge is 0.276 e. The molecule has 0 aliphatic carbocycles. The number of aromatic nitrogens is 4. The van der Waals surface area contributed by atoms with Gasteiger partial charge in [-0.2, -0.15) is 9.90 Å². The number of hydrogen-bond acceptors (Lipinski definition) is 4. The Balaban J connectivity index is 0.00000225. The molecule has 2 aromatic heterocycles. The van der Waals surface area contributed by atoms with Gasteiger partial charge in [0, 0.05) is 31.9 Å². The third-order valence-electron chi connectivity index (χ3n) is 3.75. The minimum Gasteiger partial charge on any atom is -1.00 e. The molecule has 0 atom stereocenters. The van der Waals surface area contributed by atoms with Gasteiger partial charge < -0.3 is 17.3 Å². The molecule has 0 N–H and O–H groups in total. The van der Waals surface area contributed by atoms with Crippen LogP contribution in [0.1, 0.15) is 21.9 Å². The van der Waals surface area contributed by atoms with E-state index in [2.05, 4.69) is 15.2 Å². The van der Waals surface area contributed by atoms with Gasteiger partial charge in [0.05, 0.1) is 11.4 Å². The Morgan fingerprint density at radius 1 is 1.08 bits per heavy atom. The number of hydrogen-bond donors (Lipinski definition) is 0. The van der Waals surface area contributed by atoms with Gasteiger partial charge in [-0.3, -0.25) is 9.78 Å². The summed E-state index contributed by atoms with van der Waals surface area (Å²) in [6.45, 7) is 2.37. The zero-order valence-electron chi connectivity index (χ0n) is 14.1. The first-order valence-electron chi connectivity index (χ1n) is 7.80. The topological polar surface area (TPSA) is 63.9 Å². The van der Waals surface area contributed by atoms with Gasteiger partial charge in [0.15, 0.2) is 5.69 Å². The van der Waals surface area contributed by atoms with Crippen LogP contribution in [-0.2, 0) is 6.42 Å². The van der Waals surface area contributed by atoms with E-state index >= 15 is 0 Å². The molecule has 0 unspecified atom stereocenters. The van der Waals surface area contributed by atoms with E-state index < -0.39 is 0 Å². The Kier molecular flexibility index (Phi) is 6.25. The number of carbonyl (C=O) groups is 1. The van der Waals surface area contributed by atoms with Gasteiger partial charge in [0.25, 0.3) is 5.91 Å². The monoisotopic (exact) mass is 356 g/mol. The lowest BCUT2D eigenvalue weighted by molar-refractivity contribution is -0.0000145. The van der Waals surface area contributed by atoms with Crippen molar-refractivity contribution in [3.63, 3.8) is 0 Å². The highest BCUT2D eigenvalue weighted by atomic mass is 35.5. The van der Waals surface area contributed by atoms with E-state index in [1.807, 2.05) is 48.5 Å². The number of rotatable bonds is 5. The van der Waals surface area contributed by atoms with Crippen LogP contribution in [0.3, 0.4) is 0 Å². The Hall–Kier alpha value is -2.73. The normalized spacial score (nSPS) is 10.2. The average Bonchev–Trinajstić information content (AvgIpc) is 3.02. The van der Waals surface area contributed by atoms with Crippen molar-refractivity contribution in [2.24, 2.45) is 0 Å². The molecule has 0 saturated carbocycles. The first-order chi connectivity index (χ1) is 11.6. The second-order valence-corrected chi connectivity index (χ2v) is 5.56. The molecular weight excluding hydrogens is 338 g/mol. The zero-order valence-corrected chi connectivity index (χ0v) is 14.9. The lowest BCUT2D eigenvalue weighted by atomic mass is 10.2. The molecule has 1 amide bonds. The van der Waals surface area contributed by atoms with Crippen molar-refractivity contribution in [3.8, 4) is 5.69 Å². The molecule has 1 aromatic carbocycles. The van der Waals surface area contributed by atoms with Crippen molar-refractivity contribution >= 4 is 5.91 Å². The van der Waals surface area contributed by atoms with Crippen molar-refractivity contribution in [2.75, 3.05) is 13.6 Å². The Morgan fingerprint density at radius 3 is 2.48 bits per heavy atom. The predicted molar refractivity (Wildman–Crippen MR) is 91.0 cm³/mol. The van der Waals surface area contributed by atoms with Crippen LogP contribution in [0, 0.1) is 6.92 Å². The average molecular weight is 357 g/mol. The number of pyridine rings is 1. The van der Waals surface area contributed by atoms with Crippen LogP contribution < -0.4 is 12.4 Å². The molecule has 0 radical (unpaired) electrons. The predicted octanol–water partition coefficient (Wildman–Crippen LogP) is -0.711. The molecule has 6 nitrogen and oxygen atoms in total. The van der Waals surface area contributed by atoms with E-state index in [1.54, 1.807) is 25.1 Å². The number of nitrogens with zero attached hydrogens (tertiary/aromatic N) is 5. The summed E-state index contributed by atoms with van der Waals surface area (Å²) in [5, 5.41) is 8.70. The van der Waals surface area contributed by atoms with E-state index in [0.29, 0.717) is 24.4 Å². The molecule has 0 aliphatic rings. The molecular formula is C18H19ClN5O-. The minimum atomic E-state index is -0.134. The van der Waals surface area contributed by atoms with Crippen LogP contribution >= 0.6 is 0 Å². The summed E-state index contributed by atoms with van der Waals surface area (Å²) in [5.74, 6) is -0.134. The van der Waals surface area contributed by atoms with Gasteiger partial charge in [0.1, 0.15) is 0 Å². The third kappa shape index (κ3) is 4.42. The number of halogens is 1. The molecule has 3 rings (SSSR count). The van der Waals surface area contributed by atoms with Crippen LogP contribution in [0.4, 0.5) is 0 Å². The van der Waals surface area contributed by atoms with Crippen molar-refractivity contribution in [2.45, 2.75) is 13.3 Å². The Morgan fingerprint density at radius 2 is 1.80 bits per heavy atom. The van der Waals surface area contributed by atoms with Gasteiger partial charge in [-0.25, -0.2) is 0 Å². The molecule has 25 heavy (non-hydrogen) atoms. The minimum absolute atomic E-state index is 0. The summed E-state index contributed by atoms with van der Waals surface area (Å²) in [6, 6.07) is 15.3. The standard InChI is InChI=1S/C18H19N5O.ClH/c1-14-17(21-23(20-14)16-9-4-3-5-10-16)18(24)22(2)13-11-15-8-6-7-12-19-15;/h3-10,12H,11,13H2,1-2H3;1H/p-1. The molecule has 0 aliphatic heterocycles. The maximum Gasteiger partial charge on any atom is 0.276 e. The summed E-state index contributed by atoms with van der Waals surface area (Å²) in [7, 11) is 1.77. The van der Waals surface area contributed by atoms with Gasteiger partial charge in [-0.15, -0.1) is 5.10 Å². The maximum absolute atomic E-state index is 12.6. The van der Waals surface area contributed by atoms with Gasteiger partial charge in [-0.1, -0.05) is 24.3 Å². The number of benzene rings is 1. The summed E-state index contributed by atoms with van der Waals surface area (Å²) >= 11 is 0. The van der Waals surface area contributed by atoms with Crippen LogP contribution in [0.15, 0.2) is 54.7 Å². The maximum atomic E-state index is 12.6. The van der Waals surface area contributed by atoms with Crippen LogP contribution in [0.5, 0.6) is 0 Å². The second kappa shape index (κ2) is 8.39. The van der Waals surface area contributed by atoms with Crippen LogP contribution in [-0.4, -0.2) is 44.4 Å². The number of likely N-dealkylation sites (N-methyl/N-ethyl adjacent to an activating group) is 1. The van der Waals surface area contributed by atoms with E-state index in [4.69, 9.17) is 0 Å². The lowest BCUT2D eigenvalue weighted by Gasteiger charge is -2.15. The van der Waals surface area contributed by atoms with Crippen molar-refractivity contribution < 1.29 is 17.2 Å². The van der Waals surface area contributed by atoms with Gasteiger partial charge >= 0.3 is 0 Å². The first-order valence-corrected chi connectivity index (χ1v) is 7.80. The van der Waals surface area contributed by atoms with Crippen molar-refractivity contribution in [1.82, 2.24) is 24.9 Å². The van der Waals surface area contributed by atoms with Gasteiger partial charge in [0.2, 0.25) is 0 Å². The third-order valence-corrected chi connectivity index (χ3v) is 3.75. The van der Waals surface area contributed by atoms with Crippen molar-refractivity contribution in [3.05, 3.63) is 71.8 Å². The molecule has 0 bridgehead atoms. The highest BCUT2D eigenvalue weighted by Crippen LogP contribution is 2.10. The van der Waals surface area contributed by atoms with Gasteiger partial charge in [-0.05, 0) is 31.2 Å². The molecule has 2 heterocycles. The van der Waals surface area contributed by atoms with Crippen LogP contribution in [0.25, 0.3) is 5.69 Å². The highest BCUT2D eigenvalue weighted by Gasteiger charge is 2.20. The van der Waals surface area contributed by atoms with Crippen molar-refractivity contribution in [1.29, 1.82) is 0 Å². The molecule has 3 aromatic rings. The zero-order chi connectivity index (χ0) is 16.9. The SMILES string of the molecule is Cc1nn(-c2ccccc2)nc1C(=O)N(C)CCc1ccccn1.[Cl-]. The fourth-order valence-electron chi connectivity index (χ4n) is 2.36. The first kappa shape index (κ1) is 18.6. The second-order valence-electron chi connectivity index (χ2n) is 5.56. The summed E-state index contributed by atoms with van der Waals surface area (Å²) in [6.07, 6.45) is 2.46. The van der Waals surface area contributed by atoms with E-state index in [9.17, 15) is 4.79 Å². The Bertz CT molecular complexity index is 820. The molecule has 0 fully saturated rings. The number of aryl methyl sites for hydroxylation is 1. The molecule has 0 saturated heterocycles. The fraction of sp³-hybridized carbons (Fsp3) is 0.222. The lowest BCUT2D eigenvalue weighted by Crippen LogP contribution is -3.00. The summed E-state index contributed by atoms with van der Waals surface area (Å²) < 4.78 is 0. The number of para-hydroxylation sites is 1. The quantitative estimate of drug-likeness (QED) is 0.606.